The average molecular weight is 323 g/mol. The second-order valence-corrected chi connectivity index (χ2v) is 8.36. The summed E-state index contributed by atoms with van der Waals surface area (Å²) >= 11 is 1.69. The predicted molar refractivity (Wildman–Crippen MR) is 96.1 cm³/mol. The van der Waals surface area contributed by atoms with E-state index in [4.69, 9.17) is 4.74 Å². The van der Waals surface area contributed by atoms with Crippen molar-refractivity contribution in [3.8, 4) is 0 Å². The van der Waals surface area contributed by atoms with Gasteiger partial charge in [0.2, 0.25) is 0 Å². The molecule has 1 aromatic carbocycles. The first-order valence-electron chi connectivity index (χ1n) is 7.88. The molecular weight excluding hydrogens is 292 g/mol. The highest BCUT2D eigenvalue weighted by atomic mass is 32.2. The maximum Gasteiger partial charge on any atom is 0.313 e. The van der Waals surface area contributed by atoms with Crippen molar-refractivity contribution in [1.82, 2.24) is 0 Å². The van der Waals surface area contributed by atoms with Crippen LogP contribution < -0.4 is 0 Å². The van der Waals surface area contributed by atoms with Gasteiger partial charge in [-0.05, 0) is 30.1 Å². The van der Waals surface area contributed by atoms with Gasteiger partial charge in [-0.2, -0.15) is 11.8 Å². The number of esters is 1. The second kappa shape index (κ2) is 7.54. The molecule has 0 aliphatic heterocycles. The van der Waals surface area contributed by atoms with Crippen molar-refractivity contribution < 1.29 is 9.53 Å². The van der Waals surface area contributed by atoms with E-state index in [9.17, 15) is 4.79 Å². The van der Waals surface area contributed by atoms with Crippen molar-refractivity contribution in [2.45, 2.75) is 47.6 Å². The molecule has 22 heavy (non-hydrogen) atoms. The Bertz CT molecular complexity index is 476. The molecule has 3 heteroatoms. The Balaban J connectivity index is 3.05. The van der Waals surface area contributed by atoms with Crippen LogP contribution in [0, 0.1) is 16.7 Å². The van der Waals surface area contributed by atoms with Gasteiger partial charge in [0.15, 0.2) is 0 Å². The lowest BCUT2D eigenvalue weighted by Crippen LogP contribution is -2.44. The highest BCUT2D eigenvalue weighted by Gasteiger charge is 2.46. The van der Waals surface area contributed by atoms with Crippen LogP contribution in [0.3, 0.4) is 0 Å². The van der Waals surface area contributed by atoms with E-state index < -0.39 is 5.41 Å². The third-order valence-corrected chi connectivity index (χ3v) is 5.37. The minimum absolute atomic E-state index is 0.100. The Morgan fingerprint density at radius 3 is 2.09 bits per heavy atom. The Labute approximate surface area is 140 Å². The summed E-state index contributed by atoms with van der Waals surface area (Å²) in [6, 6.07) is 10.0. The zero-order chi connectivity index (χ0) is 17.0. The van der Waals surface area contributed by atoms with Crippen LogP contribution in [0.15, 0.2) is 30.3 Å². The third kappa shape index (κ3) is 4.28. The molecule has 124 valence electrons. The summed E-state index contributed by atoms with van der Waals surface area (Å²) in [7, 11) is 0. The SMILES string of the molecule is CSCC(C)(C(=O)OC(c1ccccc1)C(C)C)C(C)(C)C. The van der Waals surface area contributed by atoms with Gasteiger partial charge in [-0.3, -0.25) is 4.79 Å². The number of rotatable bonds is 6. The first-order chi connectivity index (χ1) is 10.1. The molecule has 0 N–H and O–H groups in total. The first-order valence-corrected chi connectivity index (χ1v) is 9.28. The van der Waals surface area contributed by atoms with E-state index in [-0.39, 0.29) is 23.4 Å². The Hall–Kier alpha value is -0.960. The molecule has 0 heterocycles. The van der Waals surface area contributed by atoms with Crippen molar-refractivity contribution >= 4 is 17.7 Å². The number of hydrogen-bond acceptors (Lipinski definition) is 3. The number of ether oxygens (including phenoxy) is 1. The highest BCUT2D eigenvalue weighted by Crippen LogP contribution is 2.43. The molecule has 2 nitrogen and oxygen atoms in total. The normalized spacial score (nSPS) is 16.2. The summed E-state index contributed by atoms with van der Waals surface area (Å²) in [5, 5.41) is 0. The second-order valence-electron chi connectivity index (χ2n) is 7.50. The Morgan fingerprint density at radius 1 is 1.14 bits per heavy atom. The van der Waals surface area contributed by atoms with Crippen LogP contribution in [-0.4, -0.2) is 18.0 Å². The summed E-state index contributed by atoms with van der Waals surface area (Å²) in [6.45, 7) is 12.5. The zero-order valence-electron chi connectivity index (χ0n) is 15.0. The number of carbonyl (C=O) groups excluding carboxylic acids is 1. The molecule has 0 aliphatic rings. The van der Waals surface area contributed by atoms with Crippen LogP contribution in [0.1, 0.15) is 53.2 Å². The summed E-state index contributed by atoms with van der Waals surface area (Å²) in [6.07, 6.45) is 1.84. The molecule has 0 amide bonds. The van der Waals surface area contributed by atoms with E-state index >= 15 is 0 Å². The van der Waals surface area contributed by atoms with E-state index in [0.717, 1.165) is 11.3 Å². The molecule has 0 aromatic heterocycles. The van der Waals surface area contributed by atoms with Gasteiger partial charge in [0, 0.05) is 5.75 Å². The van der Waals surface area contributed by atoms with Gasteiger partial charge in [-0.1, -0.05) is 65.0 Å². The number of thioether (sulfide) groups is 1. The minimum Gasteiger partial charge on any atom is -0.457 e. The van der Waals surface area contributed by atoms with Gasteiger partial charge in [-0.25, -0.2) is 0 Å². The van der Waals surface area contributed by atoms with E-state index in [1.807, 2.05) is 43.5 Å². The van der Waals surface area contributed by atoms with Crippen LogP contribution in [0.25, 0.3) is 0 Å². The van der Waals surface area contributed by atoms with Crippen LogP contribution in [0.2, 0.25) is 0 Å². The Morgan fingerprint density at radius 2 is 1.68 bits per heavy atom. The number of benzene rings is 1. The minimum atomic E-state index is -0.506. The summed E-state index contributed by atoms with van der Waals surface area (Å²) < 4.78 is 5.99. The molecule has 0 aliphatic carbocycles. The monoisotopic (exact) mass is 322 g/mol. The van der Waals surface area contributed by atoms with Gasteiger partial charge in [0.1, 0.15) is 6.10 Å². The number of hydrogen-bond donors (Lipinski definition) is 0. The molecule has 2 unspecified atom stereocenters. The molecule has 0 fully saturated rings. The molecule has 0 saturated heterocycles. The highest BCUT2D eigenvalue weighted by molar-refractivity contribution is 7.98. The van der Waals surface area contributed by atoms with Crippen molar-refractivity contribution in [3.05, 3.63) is 35.9 Å². The molecule has 1 rings (SSSR count). The maximum atomic E-state index is 13.0. The van der Waals surface area contributed by atoms with Crippen LogP contribution in [0.4, 0.5) is 0 Å². The quantitative estimate of drug-likeness (QED) is 0.661. The lowest BCUT2D eigenvalue weighted by molar-refractivity contribution is -0.168. The van der Waals surface area contributed by atoms with Crippen molar-refractivity contribution in [3.63, 3.8) is 0 Å². The van der Waals surface area contributed by atoms with Crippen LogP contribution >= 0.6 is 11.8 Å². The average Bonchev–Trinajstić information content (AvgIpc) is 2.44. The van der Waals surface area contributed by atoms with E-state index in [1.54, 1.807) is 11.8 Å². The van der Waals surface area contributed by atoms with Gasteiger partial charge in [-0.15, -0.1) is 0 Å². The first kappa shape index (κ1) is 19.1. The van der Waals surface area contributed by atoms with E-state index in [0.29, 0.717) is 0 Å². The fourth-order valence-electron chi connectivity index (χ4n) is 2.35. The summed E-state index contributed by atoms with van der Waals surface area (Å²) in [5.41, 5.74) is 0.408. The van der Waals surface area contributed by atoms with Crippen molar-refractivity contribution in [2.75, 3.05) is 12.0 Å². The molecule has 0 radical (unpaired) electrons. The molecule has 1 aromatic rings. The zero-order valence-corrected chi connectivity index (χ0v) is 15.8. The van der Waals surface area contributed by atoms with E-state index in [1.165, 1.54) is 0 Å². The lowest BCUT2D eigenvalue weighted by atomic mass is 9.69. The van der Waals surface area contributed by atoms with Crippen molar-refractivity contribution in [2.24, 2.45) is 16.7 Å². The largest absolute Gasteiger partial charge is 0.457 e. The maximum absolute atomic E-state index is 13.0. The predicted octanol–water partition coefficient (Wildman–Crippen LogP) is 5.34. The third-order valence-electron chi connectivity index (χ3n) is 4.51. The molecule has 0 saturated carbocycles. The smallest absolute Gasteiger partial charge is 0.313 e. The summed E-state index contributed by atoms with van der Waals surface area (Å²) in [4.78, 5) is 13.0. The fourth-order valence-corrected chi connectivity index (χ4v) is 3.48. The van der Waals surface area contributed by atoms with Crippen molar-refractivity contribution in [1.29, 1.82) is 0 Å². The van der Waals surface area contributed by atoms with Crippen LogP contribution in [-0.2, 0) is 9.53 Å². The van der Waals surface area contributed by atoms with Gasteiger partial charge >= 0.3 is 5.97 Å². The van der Waals surface area contributed by atoms with Gasteiger partial charge in [0.25, 0.3) is 0 Å². The molecule has 2 atom stereocenters. The van der Waals surface area contributed by atoms with Gasteiger partial charge < -0.3 is 4.74 Å². The molecular formula is C19H30O2S. The van der Waals surface area contributed by atoms with E-state index in [2.05, 4.69) is 34.6 Å². The fraction of sp³-hybridized carbons (Fsp3) is 0.632. The lowest BCUT2D eigenvalue weighted by Gasteiger charge is -2.40. The standard InChI is InChI=1S/C19H30O2S/c1-14(2)16(15-11-9-8-10-12-15)21-17(20)19(6,13-22-7)18(3,4)5/h8-12,14,16H,13H2,1-7H3. The van der Waals surface area contributed by atoms with Crippen LogP contribution in [0.5, 0.6) is 0 Å². The van der Waals surface area contributed by atoms with Gasteiger partial charge in [0.05, 0.1) is 5.41 Å². The Kier molecular flexibility index (Phi) is 6.54. The molecule has 0 bridgehead atoms. The molecule has 0 spiro atoms. The summed E-state index contributed by atoms with van der Waals surface area (Å²) in [5.74, 6) is 0.899. The topological polar surface area (TPSA) is 26.3 Å². The number of carbonyl (C=O) groups is 1.